The number of carbonyl (C=O) groups excluding carboxylic acids is 2. The van der Waals surface area contributed by atoms with E-state index >= 15 is 0 Å². The lowest BCUT2D eigenvalue weighted by Gasteiger charge is -2.13. The molecule has 0 aromatic heterocycles. The summed E-state index contributed by atoms with van der Waals surface area (Å²) in [6.07, 6.45) is 0. The van der Waals surface area contributed by atoms with Crippen molar-refractivity contribution in [1.29, 1.82) is 0 Å². The molecule has 0 saturated carbocycles. The number of rotatable bonds is 7. The molecule has 3 rings (SSSR count). The van der Waals surface area contributed by atoms with Gasteiger partial charge in [0.2, 0.25) is 0 Å². The Labute approximate surface area is 169 Å². The van der Waals surface area contributed by atoms with Gasteiger partial charge in [0.25, 0.3) is 5.91 Å². The predicted molar refractivity (Wildman–Crippen MR) is 110 cm³/mol. The first kappa shape index (κ1) is 19.9. The Morgan fingerprint density at radius 1 is 0.828 bits per heavy atom. The molecule has 0 spiro atoms. The standard InChI is InChI=1S/C23H21NO5/c1-3-27-18-12-14-20(15-13-18)29-22-7-5-4-6-21(22)24-23(26)17-8-10-19(11-9-17)28-16(2)25/h4-15H,3H2,1-2H3,(H,24,26). The topological polar surface area (TPSA) is 73.9 Å². The van der Waals surface area contributed by atoms with Gasteiger partial charge < -0.3 is 19.5 Å². The maximum atomic E-state index is 12.6. The molecule has 1 N–H and O–H groups in total. The fourth-order valence-electron chi connectivity index (χ4n) is 2.59. The SMILES string of the molecule is CCOc1ccc(Oc2ccccc2NC(=O)c2ccc(OC(C)=O)cc2)cc1. The molecular formula is C23H21NO5. The number of ether oxygens (including phenoxy) is 3. The van der Waals surface area contributed by atoms with Crippen molar-refractivity contribution >= 4 is 17.6 Å². The molecular weight excluding hydrogens is 370 g/mol. The molecule has 0 bridgehead atoms. The number of benzene rings is 3. The third kappa shape index (κ3) is 5.59. The summed E-state index contributed by atoms with van der Waals surface area (Å²) in [6.45, 7) is 3.84. The van der Waals surface area contributed by atoms with E-state index in [0.29, 0.717) is 35.1 Å². The molecule has 0 aliphatic rings. The first-order valence-electron chi connectivity index (χ1n) is 9.14. The van der Waals surface area contributed by atoms with Crippen LogP contribution in [0.5, 0.6) is 23.0 Å². The van der Waals surface area contributed by atoms with Gasteiger partial charge in [0.05, 0.1) is 12.3 Å². The van der Waals surface area contributed by atoms with Gasteiger partial charge in [-0.25, -0.2) is 0 Å². The number of para-hydroxylation sites is 2. The Morgan fingerprint density at radius 3 is 2.10 bits per heavy atom. The molecule has 1 amide bonds. The van der Waals surface area contributed by atoms with Crippen LogP contribution in [0, 0.1) is 0 Å². The van der Waals surface area contributed by atoms with E-state index in [1.807, 2.05) is 31.2 Å². The molecule has 0 radical (unpaired) electrons. The minimum atomic E-state index is -0.414. The summed E-state index contributed by atoms with van der Waals surface area (Å²) >= 11 is 0. The second-order valence-corrected chi connectivity index (χ2v) is 6.07. The molecule has 29 heavy (non-hydrogen) atoms. The highest BCUT2D eigenvalue weighted by atomic mass is 16.5. The van der Waals surface area contributed by atoms with Crippen molar-refractivity contribution in [1.82, 2.24) is 0 Å². The van der Waals surface area contributed by atoms with Crippen LogP contribution in [0.4, 0.5) is 5.69 Å². The number of esters is 1. The van der Waals surface area contributed by atoms with Crippen molar-refractivity contribution in [2.24, 2.45) is 0 Å². The van der Waals surface area contributed by atoms with E-state index in [0.717, 1.165) is 5.75 Å². The molecule has 3 aromatic carbocycles. The summed E-state index contributed by atoms with van der Waals surface area (Å²) in [5, 5.41) is 2.84. The van der Waals surface area contributed by atoms with Crippen LogP contribution in [0.15, 0.2) is 72.8 Å². The molecule has 6 heteroatoms. The van der Waals surface area contributed by atoms with E-state index < -0.39 is 5.97 Å². The molecule has 0 aliphatic carbocycles. The number of hydrogen-bond donors (Lipinski definition) is 1. The van der Waals surface area contributed by atoms with Crippen molar-refractivity contribution in [3.05, 3.63) is 78.4 Å². The molecule has 0 fully saturated rings. The van der Waals surface area contributed by atoms with Crippen molar-refractivity contribution in [2.75, 3.05) is 11.9 Å². The van der Waals surface area contributed by atoms with Gasteiger partial charge >= 0.3 is 5.97 Å². The fraction of sp³-hybridized carbons (Fsp3) is 0.130. The normalized spacial score (nSPS) is 10.1. The first-order chi connectivity index (χ1) is 14.0. The van der Waals surface area contributed by atoms with Gasteiger partial charge in [-0.2, -0.15) is 0 Å². The summed E-state index contributed by atoms with van der Waals surface area (Å²) in [4.78, 5) is 23.6. The van der Waals surface area contributed by atoms with Crippen LogP contribution in [0.3, 0.4) is 0 Å². The van der Waals surface area contributed by atoms with E-state index in [2.05, 4.69) is 5.32 Å². The zero-order valence-corrected chi connectivity index (χ0v) is 16.2. The Kier molecular flexibility index (Phi) is 6.47. The van der Waals surface area contributed by atoms with Crippen molar-refractivity contribution in [3.8, 4) is 23.0 Å². The molecule has 0 unspecified atom stereocenters. The molecule has 6 nitrogen and oxygen atoms in total. The van der Waals surface area contributed by atoms with Crippen molar-refractivity contribution in [3.63, 3.8) is 0 Å². The van der Waals surface area contributed by atoms with Gasteiger partial charge in [-0.1, -0.05) is 12.1 Å². The first-order valence-corrected chi connectivity index (χ1v) is 9.14. The predicted octanol–water partition coefficient (Wildman–Crippen LogP) is 5.06. The van der Waals surface area contributed by atoms with E-state index in [-0.39, 0.29) is 5.91 Å². The fourth-order valence-corrected chi connectivity index (χ4v) is 2.59. The van der Waals surface area contributed by atoms with E-state index in [1.165, 1.54) is 6.92 Å². The van der Waals surface area contributed by atoms with Crippen LogP contribution in [0.1, 0.15) is 24.2 Å². The highest BCUT2D eigenvalue weighted by molar-refractivity contribution is 6.05. The lowest BCUT2D eigenvalue weighted by atomic mass is 10.2. The average molecular weight is 391 g/mol. The molecule has 3 aromatic rings. The number of carbonyl (C=O) groups is 2. The van der Waals surface area contributed by atoms with Crippen LogP contribution in [0.2, 0.25) is 0 Å². The minimum absolute atomic E-state index is 0.304. The van der Waals surface area contributed by atoms with Crippen LogP contribution in [-0.4, -0.2) is 18.5 Å². The smallest absolute Gasteiger partial charge is 0.308 e. The lowest BCUT2D eigenvalue weighted by Crippen LogP contribution is -2.12. The second-order valence-electron chi connectivity index (χ2n) is 6.07. The Hall–Kier alpha value is -3.80. The largest absolute Gasteiger partial charge is 0.494 e. The molecule has 0 aliphatic heterocycles. The van der Waals surface area contributed by atoms with Crippen LogP contribution >= 0.6 is 0 Å². The number of nitrogens with one attached hydrogen (secondary N) is 1. The van der Waals surface area contributed by atoms with Crippen molar-refractivity contribution < 1.29 is 23.8 Å². The summed E-state index contributed by atoms with van der Waals surface area (Å²) in [5.41, 5.74) is 0.965. The van der Waals surface area contributed by atoms with E-state index in [9.17, 15) is 9.59 Å². The summed E-state index contributed by atoms with van der Waals surface area (Å²) in [5.74, 6) is 1.57. The van der Waals surface area contributed by atoms with Gasteiger partial charge in [0.15, 0.2) is 5.75 Å². The zero-order valence-electron chi connectivity index (χ0n) is 16.2. The quantitative estimate of drug-likeness (QED) is 0.450. The maximum absolute atomic E-state index is 12.6. The van der Waals surface area contributed by atoms with Gasteiger partial charge in [-0.15, -0.1) is 0 Å². The second kappa shape index (κ2) is 9.41. The van der Waals surface area contributed by atoms with E-state index in [4.69, 9.17) is 14.2 Å². The van der Waals surface area contributed by atoms with Crippen LogP contribution in [0.25, 0.3) is 0 Å². The lowest BCUT2D eigenvalue weighted by molar-refractivity contribution is -0.131. The third-order valence-electron chi connectivity index (χ3n) is 3.88. The molecule has 0 atom stereocenters. The molecule has 148 valence electrons. The zero-order chi connectivity index (χ0) is 20.6. The minimum Gasteiger partial charge on any atom is -0.494 e. The number of hydrogen-bond acceptors (Lipinski definition) is 5. The Bertz CT molecular complexity index is 981. The maximum Gasteiger partial charge on any atom is 0.308 e. The number of amides is 1. The summed E-state index contributed by atoms with van der Waals surface area (Å²) in [6, 6.07) is 20.7. The van der Waals surface area contributed by atoms with Crippen molar-refractivity contribution in [2.45, 2.75) is 13.8 Å². The number of anilines is 1. The summed E-state index contributed by atoms with van der Waals surface area (Å²) < 4.78 is 16.3. The Morgan fingerprint density at radius 2 is 1.45 bits per heavy atom. The van der Waals surface area contributed by atoms with Crippen LogP contribution < -0.4 is 19.5 Å². The molecule has 0 heterocycles. The average Bonchev–Trinajstić information content (AvgIpc) is 2.71. The Balaban J connectivity index is 1.71. The molecule has 0 saturated heterocycles. The highest BCUT2D eigenvalue weighted by Crippen LogP contribution is 2.30. The third-order valence-corrected chi connectivity index (χ3v) is 3.88. The summed E-state index contributed by atoms with van der Waals surface area (Å²) in [7, 11) is 0. The van der Waals surface area contributed by atoms with E-state index in [1.54, 1.807) is 48.5 Å². The van der Waals surface area contributed by atoms with Gasteiger partial charge in [-0.3, -0.25) is 9.59 Å². The van der Waals surface area contributed by atoms with Gasteiger partial charge in [0, 0.05) is 12.5 Å². The highest BCUT2D eigenvalue weighted by Gasteiger charge is 2.11. The van der Waals surface area contributed by atoms with Gasteiger partial charge in [0.1, 0.15) is 17.2 Å². The monoisotopic (exact) mass is 391 g/mol. The van der Waals surface area contributed by atoms with Gasteiger partial charge in [-0.05, 0) is 67.6 Å². The van der Waals surface area contributed by atoms with Crippen LogP contribution in [-0.2, 0) is 4.79 Å².